The van der Waals surface area contributed by atoms with Gasteiger partial charge in [0.15, 0.2) is 0 Å². The lowest BCUT2D eigenvalue weighted by Gasteiger charge is -2.11. The summed E-state index contributed by atoms with van der Waals surface area (Å²) in [6.45, 7) is 1.73. The van der Waals surface area contributed by atoms with E-state index in [1.165, 1.54) is 0 Å². The summed E-state index contributed by atoms with van der Waals surface area (Å²) in [5, 5.41) is 9.21. The van der Waals surface area contributed by atoms with Gasteiger partial charge in [0.1, 0.15) is 0 Å². The minimum Gasteiger partial charge on any atom is -0.353 e. The van der Waals surface area contributed by atoms with Gasteiger partial charge in [-0.15, -0.1) is 17.0 Å². The zero-order valence-electron chi connectivity index (χ0n) is 9.42. The number of guanidine groups is 1. The van der Waals surface area contributed by atoms with E-state index < -0.39 is 0 Å². The lowest BCUT2D eigenvalue weighted by Crippen LogP contribution is -2.32. The Morgan fingerprint density at radius 2 is 2.44 bits per heavy atom. The largest absolute Gasteiger partial charge is 0.353 e. The van der Waals surface area contributed by atoms with Crippen LogP contribution in [-0.2, 0) is 7.05 Å². The molecule has 0 saturated heterocycles. The molecule has 5 nitrogen and oxygen atoms in total. The van der Waals surface area contributed by atoms with Crippen LogP contribution in [0.15, 0.2) is 28.4 Å². The van der Waals surface area contributed by atoms with Gasteiger partial charge in [-0.3, -0.25) is 0 Å². The third-order valence-corrected chi connectivity index (χ3v) is 2.31. The van der Waals surface area contributed by atoms with Gasteiger partial charge >= 0.3 is 0 Å². The van der Waals surface area contributed by atoms with E-state index in [-0.39, 0.29) is 17.0 Å². The van der Waals surface area contributed by atoms with Gasteiger partial charge in [0.25, 0.3) is 0 Å². The zero-order valence-corrected chi connectivity index (χ0v) is 11.1. The Labute approximate surface area is 106 Å². The molecular formula is C10H16BrN5. The third-order valence-electron chi connectivity index (χ3n) is 2.31. The molecule has 6 heteroatoms. The number of hydrazone groups is 1. The Hall–Kier alpha value is -1.30. The van der Waals surface area contributed by atoms with E-state index in [1.807, 2.05) is 43.2 Å². The monoisotopic (exact) mass is 285 g/mol. The average Bonchev–Trinajstić information content (AvgIpc) is 2.85. The number of aromatic nitrogens is 1. The van der Waals surface area contributed by atoms with Gasteiger partial charge in [-0.05, 0) is 12.1 Å². The number of hydrogen-bond donors (Lipinski definition) is 1. The van der Waals surface area contributed by atoms with E-state index >= 15 is 0 Å². The molecule has 1 N–H and O–H groups in total. The number of nitrogens with zero attached hydrogens (tertiary/aromatic N) is 4. The van der Waals surface area contributed by atoms with Crippen LogP contribution >= 0.6 is 17.0 Å². The van der Waals surface area contributed by atoms with E-state index in [2.05, 4.69) is 15.4 Å². The van der Waals surface area contributed by atoms with Crippen LogP contribution in [0.1, 0.15) is 5.69 Å². The first-order valence-electron chi connectivity index (χ1n) is 4.95. The predicted molar refractivity (Wildman–Crippen MR) is 71.4 cm³/mol. The zero-order chi connectivity index (χ0) is 10.7. The van der Waals surface area contributed by atoms with Gasteiger partial charge < -0.3 is 9.88 Å². The molecule has 0 bridgehead atoms. The summed E-state index contributed by atoms with van der Waals surface area (Å²) in [5.41, 5.74) is 1.07. The number of hydrogen-bond acceptors (Lipinski definition) is 4. The highest BCUT2D eigenvalue weighted by atomic mass is 79.9. The van der Waals surface area contributed by atoms with Crippen molar-refractivity contribution in [2.24, 2.45) is 17.1 Å². The molecule has 0 fully saturated rings. The fourth-order valence-corrected chi connectivity index (χ4v) is 1.41. The molecule has 0 aliphatic carbocycles. The third kappa shape index (κ3) is 2.85. The quantitative estimate of drug-likeness (QED) is 0.646. The summed E-state index contributed by atoms with van der Waals surface area (Å²) in [6, 6.07) is 4.01. The number of aryl methyl sites for hydroxylation is 1. The number of rotatable bonds is 2. The topological polar surface area (TPSA) is 44.9 Å². The molecule has 1 aromatic heterocycles. The van der Waals surface area contributed by atoms with Crippen molar-refractivity contribution in [3.63, 3.8) is 0 Å². The lowest BCUT2D eigenvalue weighted by molar-refractivity contribution is 0.530. The van der Waals surface area contributed by atoms with E-state index in [9.17, 15) is 0 Å². The summed E-state index contributed by atoms with van der Waals surface area (Å²) in [5.74, 6) is 0.834. The molecule has 1 aliphatic heterocycles. The first-order chi connectivity index (χ1) is 7.27. The van der Waals surface area contributed by atoms with Gasteiger partial charge in [0.2, 0.25) is 5.96 Å². The Morgan fingerprint density at radius 3 is 3.00 bits per heavy atom. The minimum atomic E-state index is 0. The molecule has 88 valence electrons. The summed E-state index contributed by atoms with van der Waals surface area (Å²) >= 11 is 0. The molecular weight excluding hydrogens is 270 g/mol. The van der Waals surface area contributed by atoms with Crippen LogP contribution in [0.3, 0.4) is 0 Å². The standard InChI is InChI=1S/C10H15N5.BrH/c1-14-7-3-4-9(14)8-13-15(2)10-11-5-6-12-10;/h3-4,7-8H,5-6H2,1-2H3,(H,11,12);1H/b13-8+;. The average molecular weight is 286 g/mol. The number of nitrogens with one attached hydrogen (secondary N) is 1. The summed E-state index contributed by atoms with van der Waals surface area (Å²) < 4.78 is 2.02. The van der Waals surface area contributed by atoms with Crippen molar-refractivity contribution in [3.05, 3.63) is 24.0 Å². The Bertz CT molecular complexity index is 396. The first kappa shape index (κ1) is 12.8. The van der Waals surface area contributed by atoms with E-state index in [0.717, 1.165) is 24.7 Å². The Morgan fingerprint density at radius 1 is 1.62 bits per heavy atom. The van der Waals surface area contributed by atoms with Crippen molar-refractivity contribution in [3.8, 4) is 0 Å². The van der Waals surface area contributed by atoms with Crippen LogP contribution < -0.4 is 5.32 Å². The number of aliphatic imine (C=N–C) groups is 1. The van der Waals surface area contributed by atoms with Crippen LogP contribution in [0.4, 0.5) is 0 Å². The van der Waals surface area contributed by atoms with Crippen molar-refractivity contribution in [2.45, 2.75) is 0 Å². The van der Waals surface area contributed by atoms with Crippen LogP contribution in [0.2, 0.25) is 0 Å². The molecule has 0 amide bonds. The van der Waals surface area contributed by atoms with Crippen LogP contribution in [0.25, 0.3) is 0 Å². The molecule has 0 radical (unpaired) electrons. The predicted octanol–water partition coefficient (Wildman–Crippen LogP) is 0.828. The van der Waals surface area contributed by atoms with Crippen molar-refractivity contribution >= 4 is 29.2 Å². The first-order valence-corrected chi connectivity index (χ1v) is 4.95. The summed E-state index contributed by atoms with van der Waals surface area (Å²) in [4.78, 5) is 4.27. The van der Waals surface area contributed by atoms with Gasteiger partial charge in [-0.1, -0.05) is 0 Å². The Balaban J connectivity index is 0.00000128. The fourth-order valence-electron chi connectivity index (χ4n) is 1.41. The SMILES string of the molecule is Br.CN(/N=C/c1cccn1C)C1=NCCN1. The molecule has 0 atom stereocenters. The molecule has 0 spiro atoms. The van der Waals surface area contributed by atoms with E-state index in [4.69, 9.17) is 0 Å². The molecule has 0 aromatic carbocycles. The highest BCUT2D eigenvalue weighted by Gasteiger charge is 2.08. The molecule has 0 saturated carbocycles. The molecule has 2 heterocycles. The van der Waals surface area contributed by atoms with Crippen LogP contribution in [0.5, 0.6) is 0 Å². The van der Waals surface area contributed by atoms with E-state index in [0.29, 0.717) is 0 Å². The van der Waals surface area contributed by atoms with Crippen LogP contribution in [0, 0.1) is 0 Å². The van der Waals surface area contributed by atoms with Gasteiger partial charge in [-0.2, -0.15) is 5.10 Å². The summed E-state index contributed by atoms with van der Waals surface area (Å²) in [6.07, 6.45) is 3.81. The maximum absolute atomic E-state index is 4.30. The van der Waals surface area contributed by atoms with Gasteiger partial charge in [-0.25, -0.2) is 10.0 Å². The Kier molecular flexibility index (Phi) is 4.54. The number of halogens is 1. The highest BCUT2D eigenvalue weighted by Crippen LogP contribution is 1.97. The molecule has 1 aliphatic rings. The van der Waals surface area contributed by atoms with Crippen LogP contribution in [-0.4, -0.2) is 41.9 Å². The smallest absolute Gasteiger partial charge is 0.214 e. The van der Waals surface area contributed by atoms with E-state index in [1.54, 1.807) is 5.01 Å². The molecule has 2 rings (SSSR count). The second-order valence-corrected chi connectivity index (χ2v) is 3.44. The highest BCUT2D eigenvalue weighted by molar-refractivity contribution is 8.93. The van der Waals surface area contributed by atoms with Crippen molar-refractivity contribution in [1.29, 1.82) is 0 Å². The second-order valence-electron chi connectivity index (χ2n) is 3.44. The lowest BCUT2D eigenvalue weighted by atomic mass is 10.5. The van der Waals surface area contributed by atoms with Gasteiger partial charge in [0, 0.05) is 26.8 Å². The minimum absolute atomic E-state index is 0. The van der Waals surface area contributed by atoms with Crippen molar-refractivity contribution < 1.29 is 0 Å². The second kappa shape index (κ2) is 5.69. The maximum atomic E-state index is 4.30. The molecule has 0 unspecified atom stereocenters. The molecule has 1 aromatic rings. The maximum Gasteiger partial charge on any atom is 0.214 e. The van der Waals surface area contributed by atoms with Crippen molar-refractivity contribution in [1.82, 2.24) is 14.9 Å². The summed E-state index contributed by atoms with van der Waals surface area (Å²) in [7, 11) is 3.88. The van der Waals surface area contributed by atoms with Crippen molar-refractivity contribution in [2.75, 3.05) is 20.1 Å². The fraction of sp³-hybridized carbons (Fsp3) is 0.400. The normalized spacial score (nSPS) is 14.5. The molecule has 16 heavy (non-hydrogen) atoms. The van der Waals surface area contributed by atoms with Gasteiger partial charge in [0.05, 0.1) is 18.5 Å².